The highest BCUT2D eigenvalue weighted by Crippen LogP contribution is 2.55. The van der Waals surface area contributed by atoms with Crippen LogP contribution in [0, 0.1) is 24.7 Å². The third-order valence-corrected chi connectivity index (χ3v) is 6.93. The van der Waals surface area contributed by atoms with Crippen molar-refractivity contribution >= 4 is 34.8 Å². The second-order valence-electron chi connectivity index (χ2n) is 8.40. The summed E-state index contributed by atoms with van der Waals surface area (Å²) in [6.07, 6.45) is 9.17. The molecule has 0 spiro atoms. The molecular formula is C19H21Cl2N3O. The van der Waals surface area contributed by atoms with Gasteiger partial charge in [-0.05, 0) is 69.3 Å². The quantitative estimate of drug-likeness (QED) is 0.827. The van der Waals surface area contributed by atoms with E-state index in [4.69, 9.17) is 23.2 Å². The highest BCUT2D eigenvalue weighted by atomic mass is 35.5. The molecule has 4 aliphatic carbocycles. The third-order valence-electron chi connectivity index (χ3n) is 6.45. The van der Waals surface area contributed by atoms with Gasteiger partial charge in [-0.2, -0.15) is 0 Å². The molecule has 4 saturated carbocycles. The summed E-state index contributed by atoms with van der Waals surface area (Å²) in [6.45, 7) is 1.85. The molecule has 2 aromatic heterocycles. The molecule has 0 aromatic carbocycles. The van der Waals surface area contributed by atoms with E-state index in [1.165, 1.54) is 19.3 Å². The van der Waals surface area contributed by atoms with E-state index in [2.05, 4.69) is 10.3 Å². The maximum Gasteiger partial charge on any atom is 0.270 e. The molecule has 132 valence electrons. The van der Waals surface area contributed by atoms with Crippen LogP contribution in [0.4, 0.5) is 0 Å². The summed E-state index contributed by atoms with van der Waals surface area (Å²) in [6, 6.07) is 1.66. The van der Waals surface area contributed by atoms with E-state index in [1.54, 1.807) is 16.7 Å². The largest absolute Gasteiger partial charge is 0.345 e. The summed E-state index contributed by atoms with van der Waals surface area (Å²) < 4.78 is 1.73. The summed E-state index contributed by atoms with van der Waals surface area (Å²) in [5.74, 6) is 2.32. The second-order valence-corrected chi connectivity index (χ2v) is 9.24. The molecule has 1 amide bonds. The summed E-state index contributed by atoms with van der Waals surface area (Å²) in [7, 11) is 0. The highest BCUT2D eigenvalue weighted by molar-refractivity contribution is 6.36. The fourth-order valence-corrected chi connectivity index (χ4v) is 6.54. The van der Waals surface area contributed by atoms with Crippen LogP contribution in [0.25, 0.3) is 5.65 Å². The fourth-order valence-electron chi connectivity index (χ4n) is 6.02. The van der Waals surface area contributed by atoms with Crippen molar-refractivity contribution in [3.05, 3.63) is 33.7 Å². The smallest absolute Gasteiger partial charge is 0.270 e. The lowest BCUT2D eigenvalue weighted by Gasteiger charge is -2.56. The predicted molar refractivity (Wildman–Crippen MR) is 98.3 cm³/mol. The Hall–Kier alpha value is -1.26. The maximum atomic E-state index is 13.2. The van der Waals surface area contributed by atoms with Gasteiger partial charge in [-0.3, -0.25) is 9.20 Å². The number of carbonyl (C=O) groups excluding carboxylic acids is 1. The van der Waals surface area contributed by atoms with E-state index in [0.717, 1.165) is 37.0 Å². The van der Waals surface area contributed by atoms with E-state index in [0.29, 0.717) is 27.1 Å². The molecule has 4 nitrogen and oxygen atoms in total. The predicted octanol–water partition coefficient (Wildman–Crippen LogP) is 4.65. The molecule has 0 saturated heterocycles. The Morgan fingerprint density at radius 3 is 2.40 bits per heavy atom. The van der Waals surface area contributed by atoms with Crippen molar-refractivity contribution in [2.24, 2.45) is 17.8 Å². The van der Waals surface area contributed by atoms with Gasteiger partial charge in [0.05, 0.1) is 15.7 Å². The van der Waals surface area contributed by atoms with Crippen molar-refractivity contribution in [2.75, 3.05) is 0 Å². The van der Waals surface area contributed by atoms with Gasteiger partial charge in [0.15, 0.2) is 5.65 Å². The lowest BCUT2D eigenvalue weighted by atomic mass is 9.53. The number of fused-ring (bicyclic) bond motifs is 1. The zero-order valence-electron chi connectivity index (χ0n) is 14.2. The van der Waals surface area contributed by atoms with Gasteiger partial charge >= 0.3 is 0 Å². The number of pyridine rings is 1. The van der Waals surface area contributed by atoms with E-state index < -0.39 is 0 Å². The van der Waals surface area contributed by atoms with Crippen molar-refractivity contribution in [3.8, 4) is 0 Å². The summed E-state index contributed by atoms with van der Waals surface area (Å²) >= 11 is 12.4. The van der Waals surface area contributed by atoms with Gasteiger partial charge in [0.1, 0.15) is 5.69 Å². The number of imidazole rings is 1. The molecule has 25 heavy (non-hydrogen) atoms. The molecule has 6 rings (SSSR count). The number of hydrogen-bond donors (Lipinski definition) is 1. The Morgan fingerprint density at radius 2 is 1.80 bits per heavy atom. The number of aromatic nitrogens is 2. The molecule has 1 N–H and O–H groups in total. The number of halogens is 2. The molecular weight excluding hydrogens is 357 g/mol. The van der Waals surface area contributed by atoms with Crippen LogP contribution in [0.2, 0.25) is 10.0 Å². The lowest BCUT2D eigenvalue weighted by Crippen LogP contribution is -2.60. The molecule has 0 aliphatic heterocycles. The number of carbonyl (C=O) groups is 1. The van der Waals surface area contributed by atoms with Crippen molar-refractivity contribution in [1.82, 2.24) is 14.7 Å². The number of amides is 1. The standard InChI is InChI=1S/C19H21Cl2N3O/c1-10-16(24-9-14(20)5-15(21)17(24)22-10)18(25)23-19-6-11-2-12(7-19)4-13(3-11)8-19/h5,9,11-13H,2-4,6-8H2,1H3,(H,23,25). The monoisotopic (exact) mass is 377 g/mol. The Bertz CT molecular complexity index is 853. The topological polar surface area (TPSA) is 46.4 Å². The van der Waals surface area contributed by atoms with Crippen LogP contribution < -0.4 is 5.32 Å². The van der Waals surface area contributed by atoms with Crippen LogP contribution in [-0.4, -0.2) is 20.8 Å². The van der Waals surface area contributed by atoms with E-state index in [-0.39, 0.29) is 11.4 Å². The first kappa shape index (κ1) is 16.0. The molecule has 0 atom stereocenters. The molecule has 6 heteroatoms. The van der Waals surface area contributed by atoms with Crippen molar-refractivity contribution in [3.63, 3.8) is 0 Å². The Labute approximate surface area is 156 Å². The third kappa shape index (κ3) is 2.48. The average Bonchev–Trinajstić information content (AvgIpc) is 2.81. The summed E-state index contributed by atoms with van der Waals surface area (Å²) in [5.41, 5.74) is 1.80. The number of nitrogens with zero attached hydrogens (tertiary/aromatic N) is 2. The lowest BCUT2D eigenvalue weighted by molar-refractivity contribution is -0.0168. The number of aryl methyl sites for hydroxylation is 1. The maximum absolute atomic E-state index is 13.2. The molecule has 2 heterocycles. The van der Waals surface area contributed by atoms with Crippen LogP contribution >= 0.6 is 23.2 Å². The fraction of sp³-hybridized carbons (Fsp3) is 0.579. The number of nitrogens with one attached hydrogen (secondary N) is 1. The van der Waals surface area contributed by atoms with Crippen LogP contribution in [0.15, 0.2) is 12.3 Å². The molecule has 0 radical (unpaired) electrons. The van der Waals surface area contributed by atoms with Crippen molar-refractivity contribution in [2.45, 2.75) is 51.0 Å². The summed E-state index contributed by atoms with van der Waals surface area (Å²) in [5, 5.41) is 4.37. The van der Waals surface area contributed by atoms with Gasteiger partial charge in [0, 0.05) is 11.7 Å². The Balaban J connectivity index is 1.51. The number of hydrogen-bond acceptors (Lipinski definition) is 2. The molecule has 4 fully saturated rings. The van der Waals surface area contributed by atoms with Gasteiger partial charge in [-0.15, -0.1) is 0 Å². The average molecular weight is 378 g/mol. The van der Waals surface area contributed by atoms with Crippen LogP contribution in [0.3, 0.4) is 0 Å². The van der Waals surface area contributed by atoms with Gasteiger partial charge < -0.3 is 5.32 Å². The molecule has 4 aliphatic rings. The number of rotatable bonds is 2. The van der Waals surface area contributed by atoms with Gasteiger partial charge in [-0.1, -0.05) is 23.2 Å². The van der Waals surface area contributed by atoms with Crippen molar-refractivity contribution < 1.29 is 4.79 Å². The first-order chi connectivity index (χ1) is 11.9. The zero-order valence-corrected chi connectivity index (χ0v) is 15.7. The Kier molecular flexibility index (Phi) is 3.43. The molecule has 0 unspecified atom stereocenters. The minimum atomic E-state index is -0.0507. The van der Waals surface area contributed by atoms with Crippen molar-refractivity contribution in [1.29, 1.82) is 0 Å². The van der Waals surface area contributed by atoms with E-state index >= 15 is 0 Å². The van der Waals surface area contributed by atoms with Gasteiger partial charge in [0.2, 0.25) is 0 Å². The first-order valence-corrected chi connectivity index (χ1v) is 9.84. The van der Waals surface area contributed by atoms with E-state index in [9.17, 15) is 4.79 Å². The minimum Gasteiger partial charge on any atom is -0.345 e. The second kappa shape index (κ2) is 5.37. The van der Waals surface area contributed by atoms with E-state index in [1.807, 2.05) is 6.92 Å². The Morgan fingerprint density at radius 1 is 1.20 bits per heavy atom. The first-order valence-electron chi connectivity index (χ1n) is 9.09. The SMILES string of the molecule is Cc1nc2c(Cl)cc(Cl)cn2c1C(=O)NC12CC3CC(CC(C3)C1)C2. The minimum absolute atomic E-state index is 0.0230. The van der Waals surface area contributed by atoms with Crippen LogP contribution in [-0.2, 0) is 0 Å². The normalized spacial score (nSPS) is 33.2. The van der Waals surface area contributed by atoms with Crippen LogP contribution in [0.1, 0.15) is 54.7 Å². The highest BCUT2D eigenvalue weighted by Gasteiger charge is 2.51. The molecule has 4 bridgehead atoms. The summed E-state index contributed by atoms with van der Waals surface area (Å²) in [4.78, 5) is 17.7. The van der Waals surface area contributed by atoms with Gasteiger partial charge in [0.25, 0.3) is 5.91 Å². The molecule has 2 aromatic rings. The van der Waals surface area contributed by atoms with Crippen LogP contribution in [0.5, 0.6) is 0 Å². The zero-order chi connectivity index (χ0) is 17.3. The van der Waals surface area contributed by atoms with Gasteiger partial charge in [-0.25, -0.2) is 4.98 Å².